The molecule has 1 aromatic rings. The Morgan fingerprint density at radius 1 is 1.59 bits per heavy atom. The van der Waals surface area contributed by atoms with Gasteiger partial charge in [0, 0.05) is 18.7 Å². The van der Waals surface area contributed by atoms with Gasteiger partial charge in [-0.15, -0.1) is 0 Å². The van der Waals surface area contributed by atoms with Crippen molar-refractivity contribution in [2.75, 3.05) is 11.9 Å². The second-order valence-electron chi connectivity index (χ2n) is 4.88. The van der Waals surface area contributed by atoms with Gasteiger partial charge in [0.05, 0.1) is 23.7 Å². The molecule has 1 N–H and O–H groups in total. The molecule has 1 aliphatic rings. The van der Waals surface area contributed by atoms with E-state index >= 15 is 0 Å². The quantitative estimate of drug-likeness (QED) is 0.879. The lowest BCUT2D eigenvalue weighted by molar-refractivity contribution is -0.0708. The summed E-state index contributed by atoms with van der Waals surface area (Å²) in [6, 6.07) is 1.81. The summed E-state index contributed by atoms with van der Waals surface area (Å²) in [5, 5.41) is 3.33. The van der Waals surface area contributed by atoms with Crippen LogP contribution in [0.15, 0.2) is 18.5 Å². The lowest BCUT2D eigenvalue weighted by Crippen LogP contribution is -2.41. The normalized spacial score (nSPS) is 29.0. The molecule has 1 aromatic heterocycles. The van der Waals surface area contributed by atoms with Crippen LogP contribution in [0.4, 0.5) is 10.1 Å². The number of nitrogens with one attached hydrogen (secondary N) is 1. The molecule has 2 unspecified atom stereocenters. The van der Waals surface area contributed by atoms with E-state index in [1.54, 1.807) is 6.20 Å². The topological polar surface area (TPSA) is 34.2 Å². The maximum Gasteiger partial charge on any atom is 0.143 e. The molecule has 4 heteroatoms. The average Bonchev–Trinajstić information content (AvgIpc) is 2.29. The highest BCUT2D eigenvalue weighted by molar-refractivity contribution is 5.41. The second kappa shape index (κ2) is 5.00. The Hall–Kier alpha value is -1.16. The summed E-state index contributed by atoms with van der Waals surface area (Å²) >= 11 is 0. The van der Waals surface area contributed by atoms with Crippen LogP contribution in [0.5, 0.6) is 0 Å². The number of aromatic nitrogens is 1. The lowest BCUT2D eigenvalue weighted by atomic mass is 9.90. The van der Waals surface area contributed by atoms with Crippen LogP contribution in [0.3, 0.4) is 0 Å². The van der Waals surface area contributed by atoms with E-state index < -0.39 is 0 Å². The van der Waals surface area contributed by atoms with E-state index in [4.69, 9.17) is 4.74 Å². The van der Waals surface area contributed by atoms with E-state index in [0.717, 1.165) is 31.6 Å². The number of hydrogen-bond donors (Lipinski definition) is 1. The monoisotopic (exact) mass is 238 g/mol. The maximum atomic E-state index is 13.0. The third-order valence-electron chi connectivity index (χ3n) is 3.42. The first kappa shape index (κ1) is 12.3. The zero-order valence-electron chi connectivity index (χ0n) is 10.4. The predicted octanol–water partition coefficient (Wildman–Crippen LogP) is 2.98. The van der Waals surface area contributed by atoms with E-state index in [2.05, 4.69) is 24.1 Å². The van der Waals surface area contributed by atoms with Gasteiger partial charge in [-0.3, -0.25) is 4.98 Å². The summed E-state index contributed by atoms with van der Waals surface area (Å²) < 4.78 is 18.8. The molecule has 2 rings (SSSR count). The number of ether oxygens (including phenoxy) is 1. The maximum absolute atomic E-state index is 13.0. The van der Waals surface area contributed by atoms with E-state index in [0.29, 0.717) is 6.04 Å². The molecular formula is C13H19FN2O. The highest BCUT2D eigenvalue weighted by Crippen LogP contribution is 2.29. The summed E-state index contributed by atoms with van der Waals surface area (Å²) in [6.45, 7) is 5.02. The van der Waals surface area contributed by atoms with E-state index in [1.165, 1.54) is 12.3 Å². The first-order valence-corrected chi connectivity index (χ1v) is 6.12. The van der Waals surface area contributed by atoms with Crippen LogP contribution in [-0.4, -0.2) is 23.2 Å². The molecule has 2 heterocycles. The Morgan fingerprint density at radius 3 is 3.12 bits per heavy atom. The molecule has 0 amide bonds. The fourth-order valence-corrected chi connectivity index (χ4v) is 2.23. The zero-order valence-corrected chi connectivity index (χ0v) is 10.4. The SMILES string of the molecule is CCC1(C)CC(Nc2cncc(F)c2)CCO1. The minimum absolute atomic E-state index is 0.0589. The van der Waals surface area contributed by atoms with Gasteiger partial charge < -0.3 is 10.1 Å². The minimum atomic E-state index is -0.305. The zero-order chi connectivity index (χ0) is 12.3. The summed E-state index contributed by atoms with van der Waals surface area (Å²) in [4.78, 5) is 3.84. The van der Waals surface area contributed by atoms with Gasteiger partial charge >= 0.3 is 0 Å². The number of hydrogen-bond acceptors (Lipinski definition) is 3. The molecular weight excluding hydrogens is 219 g/mol. The Bertz CT molecular complexity index is 385. The fourth-order valence-electron chi connectivity index (χ4n) is 2.23. The van der Waals surface area contributed by atoms with Crippen molar-refractivity contribution < 1.29 is 9.13 Å². The third-order valence-corrected chi connectivity index (χ3v) is 3.42. The van der Waals surface area contributed by atoms with Crippen molar-refractivity contribution in [3.8, 4) is 0 Å². The van der Waals surface area contributed by atoms with Gasteiger partial charge in [0.2, 0.25) is 0 Å². The fraction of sp³-hybridized carbons (Fsp3) is 0.615. The Balaban J connectivity index is 1.99. The molecule has 0 aliphatic carbocycles. The average molecular weight is 238 g/mol. The number of pyridine rings is 1. The van der Waals surface area contributed by atoms with Gasteiger partial charge in [-0.2, -0.15) is 0 Å². The van der Waals surface area contributed by atoms with Gasteiger partial charge in [0.15, 0.2) is 0 Å². The molecule has 0 bridgehead atoms. The number of nitrogens with zero attached hydrogens (tertiary/aromatic N) is 1. The summed E-state index contributed by atoms with van der Waals surface area (Å²) in [5.41, 5.74) is 0.687. The van der Waals surface area contributed by atoms with Gasteiger partial charge in [-0.25, -0.2) is 4.39 Å². The predicted molar refractivity (Wildman–Crippen MR) is 65.5 cm³/mol. The molecule has 94 valence electrons. The largest absolute Gasteiger partial charge is 0.381 e. The highest BCUT2D eigenvalue weighted by atomic mass is 19.1. The molecule has 1 fully saturated rings. The third kappa shape index (κ3) is 3.16. The summed E-state index contributed by atoms with van der Waals surface area (Å²) in [5.74, 6) is -0.305. The smallest absolute Gasteiger partial charge is 0.143 e. The summed E-state index contributed by atoms with van der Waals surface area (Å²) in [7, 11) is 0. The van der Waals surface area contributed by atoms with E-state index in [1.807, 2.05) is 0 Å². The van der Waals surface area contributed by atoms with Gasteiger partial charge in [0.25, 0.3) is 0 Å². The molecule has 3 nitrogen and oxygen atoms in total. The Labute approximate surface area is 101 Å². The van der Waals surface area contributed by atoms with Crippen LogP contribution < -0.4 is 5.32 Å². The molecule has 0 spiro atoms. The molecule has 0 saturated carbocycles. The van der Waals surface area contributed by atoms with Crippen molar-refractivity contribution in [2.24, 2.45) is 0 Å². The van der Waals surface area contributed by atoms with Crippen LogP contribution in [0.2, 0.25) is 0 Å². The van der Waals surface area contributed by atoms with Gasteiger partial charge in [-0.1, -0.05) is 6.92 Å². The van der Waals surface area contributed by atoms with Crippen molar-refractivity contribution in [1.29, 1.82) is 0 Å². The first-order chi connectivity index (χ1) is 8.11. The molecule has 1 aliphatic heterocycles. The van der Waals surface area contributed by atoms with E-state index in [-0.39, 0.29) is 11.4 Å². The lowest BCUT2D eigenvalue weighted by Gasteiger charge is -2.38. The summed E-state index contributed by atoms with van der Waals surface area (Å²) in [6.07, 6.45) is 5.76. The molecule has 2 atom stereocenters. The number of halogens is 1. The van der Waals surface area contributed by atoms with Crippen LogP contribution in [-0.2, 0) is 4.74 Å². The number of rotatable bonds is 3. The Kier molecular flexibility index (Phi) is 3.62. The molecule has 1 saturated heterocycles. The van der Waals surface area contributed by atoms with E-state index in [9.17, 15) is 4.39 Å². The van der Waals surface area contributed by atoms with Crippen molar-refractivity contribution in [3.05, 3.63) is 24.3 Å². The van der Waals surface area contributed by atoms with Crippen molar-refractivity contribution in [1.82, 2.24) is 4.98 Å². The minimum Gasteiger partial charge on any atom is -0.381 e. The van der Waals surface area contributed by atoms with Crippen LogP contribution in [0.25, 0.3) is 0 Å². The molecule has 0 radical (unpaired) electrons. The number of anilines is 1. The molecule has 0 aromatic carbocycles. The van der Waals surface area contributed by atoms with Crippen LogP contribution >= 0.6 is 0 Å². The van der Waals surface area contributed by atoms with Gasteiger partial charge in [0.1, 0.15) is 5.82 Å². The van der Waals surface area contributed by atoms with Crippen molar-refractivity contribution in [2.45, 2.75) is 44.8 Å². The highest BCUT2D eigenvalue weighted by Gasteiger charge is 2.31. The van der Waals surface area contributed by atoms with Crippen molar-refractivity contribution >= 4 is 5.69 Å². The van der Waals surface area contributed by atoms with Crippen LogP contribution in [0.1, 0.15) is 33.1 Å². The van der Waals surface area contributed by atoms with Crippen molar-refractivity contribution in [3.63, 3.8) is 0 Å². The second-order valence-corrected chi connectivity index (χ2v) is 4.88. The van der Waals surface area contributed by atoms with Crippen LogP contribution in [0, 0.1) is 5.82 Å². The molecule has 17 heavy (non-hydrogen) atoms. The Morgan fingerprint density at radius 2 is 2.41 bits per heavy atom. The standard InChI is InChI=1S/C13H19FN2O/c1-3-13(2)7-11(4-5-17-13)16-12-6-10(14)8-15-9-12/h6,8-9,11,16H,3-5,7H2,1-2H3. The first-order valence-electron chi connectivity index (χ1n) is 6.12. The van der Waals surface area contributed by atoms with Gasteiger partial charge in [-0.05, 0) is 26.2 Å².